The highest BCUT2D eigenvalue weighted by Gasteiger charge is 2.19. The van der Waals surface area contributed by atoms with Gasteiger partial charge in [-0.1, -0.05) is 35.0 Å². The highest BCUT2D eigenvalue weighted by atomic mass is 35.5. The van der Waals surface area contributed by atoms with Crippen LogP contribution in [0.1, 0.15) is 12.8 Å². The Hall–Kier alpha value is -2.92. The summed E-state index contributed by atoms with van der Waals surface area (Å²) in [6, 6.07) is 17.5. The maximum Gasteiger partial charge on any atom is 0.259 e. The molecule has 0 atom stereocenters. The van der Waals surface area contributed by atoms with Gasteiger partial charge in [-0.2, -0.15) is 4.98 Å². The van der Waals surface area contributed by atoms with E-state index in [0.29, 0.717) is 16.7 Å². The van der Waals surface area contributed by atoms with E-state index in [1.54, 1.807) is 0 Å². The van der Waals surface area contributed by atoms with Crippen molar-refractivity contribution in [2.24, 2.45) is 0 Å². The predicted molar refractivity (Wildman–Crippen MR) is 107 cm³/mol. The van der Waals surface area contributed by atoms with Crippen LogP contribution in [0, 0.1) is 0 Å². The fourth-order valence-corrected chi connectivity index (χ4v) is 3.62. The molecule has 134 valence electrons. The van der Waals surface area contributed by atoms with Gasteiger partial charge in [-0.15, -0.1) is 0 Å². The second kappa shape index (κ2) is 6.67. The highest BCUT2D eigenvalue weighted by Crippen LogP contribution is 2.32. The molecule has 0 spiro atoms. The summed E-state index contributed by atoms with van der Waals surface area (Å²) in [6.07, 6.45) is 2.40. The van der Waals surface area contributed by atoms with Crippen LogP contribution in [-0.4, -0.2) is 28.2 Å². The average Bonchev–Trinajstić information content (AvgIpc) is 3.40. The number of halogens is 1. The standard InChI is InChI=1S/C21H17ClN4O/c22-15-9-7-14(8-10-15)20-24-21(27-25-20)17-13-19(26-11-3-4-12-26)23-18-6-2-1-5-16(17)18/h1-2,5-10,13H,3-4,11-12H2. The lowest BCUT2D eigenvalue weighted by Gasteiger charge is -2.17. The summed E-state index contributed by atoms with van der Waals surface area (Å²) in [7, 11) is 0. The Balaban J connectivity index is 1.62. The molecule has 0 aliphatic carbocycles. The van der Waals surface area contributed by atoms with Crippen LogP contribution in [0.25, 0.3) is 33.7 Å². The van der Waals surface area contributed by atoms with Crippen molar-refractivity contribution in [2.45, 2.75) is 12.8 Å². The van der Waals surface area contributed by atoms with Crippen LogP contribution in [-0.2, 0) is 0 Å². The zero-order chi connectivity index (χ0) is 18.2. The number of rotatable bonds is 3. The lowest BCUT2D eigenvalue weighted by Crippen LogP contribution is -2.19. The normalized spacial score (nSPS) is 14.2. The third-order valence-electron chi connectivity index (χ3n) is 4.89. The van der Waals surface area contributed by atoms with Gasteiger partial charge in [-0.3, -0.25) is 0 Å². The molecule has 1 aliphatic heterocycles. The number of fused-ring (bicyclic) bond motifs is 1. The van der Waals surface area contributed by atoms with Crippen LogP contribution < -0.4 is 4.90 Å². The van der Waals surface area contributed by atoms with Gasteiger partial charge in [0.05, 0.1) is 11.1 Å². The minimum atomic E-state index is 0.499. The number of hydrogen-bond acceptors (Lipinski definition) is 5. The monoisotopic (exact) mass is 376 g/mol. The summed E-state index contributed by atoms with van der Waals surface area (Å²) in [5.41, 5.74) is 2.71. The predicted octanol–water partition coefficient (Wildman–Crippen LogP) is 5.21. The highest BCUT2D eigenvalue weighted by molar-refractivity contribution is 6.30. The summed E-state index contributed by atoms with van der Waals surface area (Å²) in [5, 5.41) is 5.85. The van der Waals surface area contributed by atoms with Crippen molar-refractivity contribution in [2.75, 3.05) is 18.0 Å². The molecule has 5 nitrogen and oxygen atoms in total. The fourth-order valence-electron chi connectivity index (χ4n) is 3.50. The Bertz CT molecular complexity index is 1100. The lowest BCUT2D eigenvalue weighted by atomic mass is 10.1. The van der Waals surface area contributed by atoms with Crippen molar-refractivity contribution in [1.82, 2.24) is 15.1 Å². The second-order valence-electron chi connectivity index (χ2n) is 6.67. The van der Waals surface area contributed by atoms with Gasteiger partial charge in [0.25, 0.3) is 5.89 Å². The second-order valence-corrected chi connectivity index (χ2v) is 7.11. The molecule has 4 aromatic rings. The summed E-state index contributed by atoms with van der Waals surface area (Å²) >= 11 is 5.97. The molecule has 0 amide bonds. The molecule has 3 heterocycles. The van der Waals surface area contributed by atoms with E-state index in [9.17, 15) is 0 Å². The first-order valence-corrected chi connectivity index (χ1v) is 9.40. The van der Waals surface area contributed by atoms with Crippen LogP contribution in [0.5, 0.6) is 0 Å². The van der Waals surface area contributed by atoms with Gasteiger partial charge < -0.3 is 9.42 Å². The van der Waals surface area contributed by atoms with Gasteiger partial charge in [0.15, 0.2) is 0 Å². The number of hydrogen-bond donors (Lipinski definition) is 0. The SMILES string of the molecule is Clc1ccc(-c2noc(-c3cc(N4CCCC4)nc4ccccc34)n2)cc1. The van der Waals surface area contributed by atoms with Gasteiger partial charge in [-0.25, -0.2) is 4.98 Å². The van der Waals surface area contributed by atoms with Crippen molar-refractivity contribution in [3.8, 4) is 22.8 Å². The van der Waals surface area contributed by atoms with E-state index >= 15 is 0 Å². The molecule has 2 aromatic carbocycles. The molecule has 1 fully saturated rings. The summed E-state index contributed by atoms with van der Waals surface area (Å²) in [4.78, 5) is 11.8. The minimum absolute atomic E-state index is 0.499. The Labute approximate surface area is 161 Å². The Morgan fingerprint density at radius 2 is 1.70 bits per heavy atom. The summed E-state index contributed by atoms with van der Waals surface area (Å²) in [5.74, 6) is 2.01. The molecule has 1 saturated heterocycles. The van der Waals surface area contributed by atoms with Gasteiger partial charge in [0.2, 0.25) is 5.82 Å². The number of benzene rings is 2. The van der Waals surface area contributed by atoms with Crippen LogP contribution in [0.2, 0.25) is 5.02 Å². The van der Waals surface area contributed by atoms with Crippen LogP contribution >= 0.6 is 11.6 Å². The molecular weight excluding hydrogens is 360 g/mol. The fraction of sp³-hybridized carbons (Fsp3) is 0.190. The average molecular weight is 377 g/mol. The number of anilines is 1. The number of nitrogens with zero attached hydrogens (tertiary/aromatic N) is 4. The third kappa shape index (κ3) is 3.04. The molecule has 1 aliphatic rings. The van der Waals surface area contributed by atoms with Crippen molar-refractivity contribution < 1.29 is 4.52 Å². The smallest absolute Gasteiger partial charge is 0.259 e. The van der Waals surface area contributed by atoms with Crippen LogP contribution in [0.4, 0.5) is 5.82 Å². The van der Waals surface area contributed by atoms with Gasteiger partial charge in [-0.05, 0) is 49.2 Å². The third-order valence-corrected chi connectivity index (χ3v) is 5.14. The van der Waals surface area contributed by atoms with E-state index in [2.05, 4.69) is 21.1 Å². The van der Waals surface area contributed by atoms with Gasteiger partial charge >= 0.3 is 0 Å². The van der Waals surface area contributed by atoms with Crippen LogP contribution in [0.15, 0.2) is 59.1 Å². The zero-order valence-electron chi connectivity index (χ0n) is 14.6. The quantitative estimate of drug-likeness (QED) is 0.491. The van der Waals surface area contributed by atoms with E-state index in [1.807, 2.05) is 48.5 Å². The first kappa shape index (κ1) is 16.3. The summed E-state index contributed by atoms with van der Waals surface area (Å²) in [6.45, 7) is 2.06. The van der Waals surface area contributed by atoms with Gasteiger partial charge in [0, 0.05) is 29.1 Å². The summed E-state index contributed by atoms with van der Waals surface area (Å²) < 4.78 is 5.62. The minimum Gasteiger partial charge on any atom is -0.357 e. The van der Waals surface area contributed by atoms with E-state index in [4.69, 9.17) is 21.1 Å². The Morgan fingerprint density at radius 1 is 0.926 bits per heavy atom. The topological polar surface area (TPSA) is 55.1 Å². The molecule has 6 heteroatoms. The van der Waals surface area contributed by atoms with E-state index in [0.717, 1.165) is 40.9 Å². The van der Waals surface area contributed by atoms with Gasteiger partial charge in [0.1, 0.15) is 5.82 Å². The molecule has 5 rings (SSSR count). The van der Waals surface area contributed by atoms with Crippen molar-refractivity contribution in [1.29, 1.82) is 0 Å². The molecule has 2 aromatic heterocycles. The molecule has 0 saturated carbocycles. The first-order valence-electron chi connectivity index (χ1n) is 9.03. The number of aromatic nitrogens is 3. The maximum atomic E-state index is 5.97. The molecule has 0 radical (unpaired) electrons. The van der Waals surface area contributed by atoms with Crippen molar-refractivity contribution >= 4 is 28.3 Å². The molecule has 0 bridgehead atoms. The van der Waals surface area contributed by atoms with E-state index in [1.165, 1.54) is 12.8 Å². The van der Waals surface area contributed by atoms with Crippen molar-refractivity contribution in [3.05, 3.63) is 59.6 Å². The van der Waals surface area contributed by atoms with E-state index < -0.39 is 0 Å². The number of para-hydroxylation sites is 1. The van der Waals surface area contributed by atoms with E-state index in [-0.39, 0.29) is 0 Å². The number of pyridine rings is 1. The van der Waals surface area contributed by atoms with Crippen LogP contribution in [0.3, 0.4) is 0 Å². The Kier molecular flexibility index (Phi) is 4.02. The Morgan fingerprint density at radius 3 is 2.52 bits per heavy atom. The largest absolute Gasteiger partial charge is 0.357 e. The molecule has 27 heavy (non-hydrogen) atoms. The molecule has 0 N–H and O–H groups in total. The molecular formula is C21H17ClN4O. The first-order chi connectivity index (χ1) is 13.3. The zero-order valence-corrected chi connectivity index (χ0v) is 15.4. The molecule has 0 unspecified atom stereocenters. The maximum absolute atomic E-state index is 5.97. The van der Waals surface area contributed by atoms with Crippen molar-refractivity contribution in [3.63, 3.8) is 0 Å². The lowest BCUT2D eigenvalue weighted by molar-refractivity contribution is 0.432.